The maximum absolute atomic E-state index is 11.7. The van der Waals surface area contributed by atoms with E-state index >= 15 is 0 Å². The Bertz CT molecular complexity index is 530. The van der Waals surface area contributed by atoms with E-state index in [0.29, 0.717) is 15.7 Å². The van der Waals surface area contributed by atoms with Crippen LogP contribution in [0.5, 0.6) is 5.75 Å². The number of aromatic hydroxyl groups is 1. The van der Waals surface area contributed by atoms with E-state index in [0.717, 1.165) is 4.88 Å². The summed E-state index contributed by atoms with van der Waals surface area (Å²) in [5.41, 5.74) is 0.431. The summed E-state index contributed by atoms with van der Waals surface area (Å²) in [4.78, 5) is 12.6. The summed E-state index contributed by atoms with van der Waals surface area (Å²) in [5, 5.41) is 15.9. The Morgan fingerprint density at radius 2 is 2.35 bits per heavy atom. The predicted molar refractivity (Wildman–Crippen MR) is 71.9 cm³/mol. The highest BCUT2D eigenvalue weighted by Crippen LogP contribution is 2.20. The normalized spacial score (nSPS) is 10.2. The maximum Gasteiger partial charge on any atom is 0.251 e. The van der Waals surface area contributed by atoms with Crippen LogP contribution in [0.15, 0.2) is 24.4 Å². The van der Waals surface area contributed by atoms with Crippen LogP contribution in [0.3, 0.4) is 0 Å². The maximum atomic E-state index is 11.7. The van der Waals surface area contributed by atoms with Gasteiger partial charge in [0.15, 0.2) is 0 Å². The summed E-state index contributed by atoms with van der Waals surface area (Å²) in [5.74, 6) is -0.122. The molecule has 0 spiro atoms. The topological polar surface area (TPSA) is 75.1 Å². The van der Waals surface area contributed by atoms with Crippen LogP contribution >= 0.6 is 34.1 Å². The van der Waals surface area contributed by atoms with Crippen molar-refractivity contribution in [1.29, 1.82) is 0 Å². The molecule has 0 aliphatic rings. The van der Waals surface area contributed by atoms with E-state index in [1.165, 1.54) is 17.6 Å². The molecule has 0 saturated carbocycles. The van der Waals surface area contributed by atoms with Crippen LogP contribution in [-0.2, 0) is 6.54 Å². The first-order valence-corrected chi connectivity index (χ1v) is 6.55. The monoisotopic (exact) mass is 361 g/mol. The van der Waals surface area contributed by atoms with Crippen LogP contribution in [0, 0.1) is 3.57 Å². The third-order valence-electron chi connectivity index (χ3n) is 2.04. The number of phenolic OH excluding ortho intramolecular Hbond substituents is 1. The lowest BCUT2D eigenvalue weighted by molar-refractivity contribution is 0.0951. The molecule has 17 heavy (non-hydrogen) atoms. The lowest BCUT2D eigenvalue weighted by Crippen LogP contribution is -2.22. The molecule has 2 aromatic rings. The van der Waals surface area contributed by atoms with Crippen LogP contribution < -0.4 is 5.32 Å². The molecule has 0 saturated heterocycles. The predicted octanol–water partition coefficient (Wildman–Crippen LogP) is 1.78. The standard InChI is InChI=1S/C10H8IN3O2S/c11-8-2-1-6(3-9(8)15)10(16)12-4-7-5-13-14-17-7/h1-3,5,15H,4H2,(H,12,16). The van der Waals surface area contributed by atoms with Crippen LogP contribution in [-0.4, -0.2) is 20.6 Å². The molecule has 1 amide bonds. The quantitative estimate of drug-likeness (QED) is 0.818. The number of hydrogen-bond donors (Lipinski definition) is 2. The molecule has 5 nitrogen and oxygen atoms in total. The van der Waals surface area contributed by atoms with Crippen molar-refractivity contribution in [3.63, 3.8) is 0 Å². The lowest BCUT2D eigenvalue weighted by Gasteiger charge is -2.04. The van der Waals surface area contributed by atoms with Crippen molar-refractivity contribution in [3.8, 4) is 5.75 Å². The van der Waals surface area contributed by atoms with Crippen molar-refractivity contribution in [2.45, 2.75) is 6.54 Å². The summed E-state index contributed by atoms with van der Waals surface area (Å²) in [7, 11) is 0. The highest BCUT2D eigenvalue weighted by atomic mass is 127. The first-order chi connectivity index (χ1) is 8.16. The fourth-order valence-electron chi connectivity index (χ4n) is 1.19. The molecule has 0 fully saturated rings. The summed E-state index contributed by atoms with van der Waals surface area (Å²) in [6.07, 6.45) is 1.61. The van der Waals surface area contributed by atoms with Gasteiger partial charge in [-0.25, -0.2) is 0 Å². The van der Waals surface area contributed by atoms with Gasteiger partial charge in [-0.1, -0.05) is 4.49 Å². The zero-order valence-electron chi connectivity index (χ0n) is 8.55. The zero-order valence-corrected chi connectivity index (χ0v) is 11.5. The SMILES string of the molecule is O=C(NCc1cnns1)c1ccc(I)c(O)c1. The Balaban J connectivity index is 2.02. The molecule has 0 radical (unpaired) electrons. The van der Waals surface area contributed by atoms with Gasteiger partial charge < -0.3 is 10.4 Å². The van der Waals surface area contributed by atoms with Gasteiger partial charge in [-0.2, -0.15) is 0 Å². The van der Waals surface area contributed by atoms with E-state index in [1.54, 1.807) is 18.3 Å². The van der Waals surface area contributed by atoms with Crippen LogP contribution in [0.2, 0.25) is 0 Å². The molecular formula is C10H8IN3O2S. The third-order valence-corrected chi connectivity index (χ3v) is 3.61. The lowest BCUT2D eigenvalue weighted by atomic mass is 10.2. The van der Waals surface area contributed by atoms with E-state index in [-0.39, 0.29) is 11.7 Å². The smallest absolute Gasteiger partial charge is 0.251 e. The number of carbonyl (C=O) groups is 1. The van der Waals surface area contributed by atoms with Crippen molar-refractivity contribution in [3.05, 3.63) is 38.4 Å². The van der Waals surface area contributed by atoms with Gasteiger partial charge >= 0.3 is 0 Å². The molecule has 2 rings (SSSR count). The zero-order chi connectivity index (χ0) is 12.3. The number of rotatable bonds is 3. The average Bonchev–Trinajstić information content (AvgIpc) is 2.82. The second kappa shape index (κ2) is 5.41. The molecule has 1 aromatic heterocycles. The van der Waals surface area contributed by atoms with E-state index in [1.807, 2.05) is 22.6 Å². The van der Waals surface area contributed by atoms with E-state index < -0.39 is 0 Å². The van der Waals surface area contributed by atoms with Crippen molar-refractivity contribution in [2.75, 3.05) is 0 Å². The van der Waals surface area contributed by atoms with Crippen molar-refractivity contribution >= 4 is 40.0 Å². The molecule has 88 valence electrons. The number of benzene rings is 1. The Labute approximate surface area is 115 Å². The van der Waals surface area contributed by atoms with Crippen molar-refractivity contribution in [1.82, 2.24) is 14.9 Å². The number of carbonyl (C=O) groups excluding carboxylic acids is 1. The van der Waals surface area contributed by atoms with Crippen molar-refractivity contribution < 1.29 is 9.90 Å². The second-order valence-electron chi connectivity index (χ2n) is 3.23. The Morgan fingerprint density at radius 1 is 1.53 bits per heavy atom. The molecule has 0 aliphatic heterocycles. The number of amides is 1. The summed E-state index contributed by atoms with van der Waals surface area (Å²) in [6, 6.07) is 4.81. The average molecular weight is 361 g/mol. The van der Waals surface area contributed by atoms with Gasteiger partial charge in [0.1, 0.15) is 5.75 Å². The number of hydrogen-bond acceptors (Lipinski definition) is 5. The molecule has 2 N–H and O–H groups in total. The number of nitrogens with one attached hydrogen (secondary N) is 1. The molecule has 0 unspecified atom stereocenters. The number of aromatic nitrogens is 2. The van der Waals surface area contributed by atoms with Gasteiger partial charge in [0.25, 0.3) is 5.91 Å². The van der Waals surface area contributed by atoms with E-state index in [9.17, 15) is 9.90 Å². The van der Waals surface area contributed by atoms with Gasteiger partial charge in [-0.05, 0) is 52.3 Å². The Kier molecular flexibility index (Phi) is 3.89. The van der Waals surface area contributed by atoms with Gasteiger partial charge in [0.2, 0.25) is 0 Å². The van der Waals surface area contributed by atoms with Gasteiger partial charge in [0, 0.05) is 5.56 Å². The third kappa shape index (κ3) is 3.13. The summed E-state index contributed by atoms with van der Waals surface area (Å²) in [6.45, 7) is 0.392. The first-order valence-electron chi connectivity index (χ1n) is 4.70. The molecule has 1 aromatic carbocycles. The summed E-state index contributed by atoms with van der Waals surface area (Å²) < 4.78 is 4.41. The van der Waals surface area contributed by atoms with Gasteiger partial charge in [-0.15, -0.1) is 5.10 Å². The number of phenols is 1. The Morgan fingerprint density at radius 3 is 3.00 bits per heavy atom. The minimum absolute atomic E-state index is 0.109. The molecular weight excluding hydrogens is 353 g/mol. The second-order valence-corrected chi connectivity index (χ2v) is 5.27. The fourth-order valence-corrected chi connectivity index (χ4v) is 1.95. The van der Waals surface area contributed by atoms with E-state index in [4.69, 9.17) is 0 Å². The number of halogens is 1. The minimum Gasteiger partial charge on any atom is -0.507 e. The molecule has 0 aliphatic carbocycles. The molecule has 1 heterocycles. The molecule has 0 bridgehead atoms. The highest BCUT2D eigenvalue weighted by Gasteiger charge is 2.08. The van der Waals surface area contributed by atoms with Gasteiger partial charge in [0.05, 0.1) is 21.2 Å². The summed E-state index contributed by atoms with van der Waals surface area (Å²) >= 11 is 3.24. The van der Waals surface area contributed by atoms with Crippen LogP contribution in [0.1, 0.15) is 15.2 Å². The molecule has 7 heteroatoms. The van der Waals surface area contributed by atoms with E-state index in [2.05, 4.69) is 14.9 Å². The highest BCUT2D eigenvalue weighted by molar-refractivity contribution is 14.1. The Hall–Kier alpha value is -1.22. The van der Waals surface area contributed by atoms with Crippen molar-refractivity contribution in [2.24, 2.45) is 0 Å². The van der Waals surface area contributed by atoms with Gasteiger partial charge in [-0.3, -0.25) is 4.79 Å². The molecule has 0 atom stereocenters. The van der Waals surface area contributed by atoms with Crippen LogP contribution in [0.4, 0.5) is 0 Å². The van der Waals surface area contributed by atoms with Crippen LogP contribution in [0.25, 0.3) is 0 Å². The number of nitrogens with zero attached hydrogens (tertiary/aromatic N) is 2. The first kappa shape index (κ1) is 12.2. The minimum atomic E-state index is -0.231. The fraction of sp³-hybridized carbons (Fsp3) is 0.100. The largest absolute Gasteiger partial charge is 0.507 e.